The number of H-pyrrole nitrogens is 1. The predicted octanol–water partition coefficient (Wildman–Crippen LogP) is 1.91. The zero-order valence-electron chi connectivity index (χ0n) is 9.05. The zero-order valence-corrected chi connectivity index (χ0v) is 9.87. The van der Waals surface area contributed by atoms with Crippen LogP contribution in [0.1, 0.15) is 6.92 Å². The Bertz CT molecular complexity index is 438. The van der Waals surface area contributed by atoms with Crippen LogP contribution in [0.25, 0.3) is 11.4 Å². The first-order valence-electron chi connectivity index (χ1n) is 5.12. The average Bonchev–Trinajstić information content (AvgIpc) is 2.76. The fourth-order valence-electron chi connectivity index (χ4n) is 1.24. The molecule has 4 nitrogen and oxygen atoms in total. The highest BCUT2D eigenvalue weighted by Crippen LogP contribution is 2.18. The molecule has 0 amide bonds. The van der Waals surface area contributed by atoms with Gasteiger partial charge in [-0.2, -0.15) is 0 Å². The first kappa shape index (κ1) is 11.2. The van der Waals surface area contributed by atoms with Gasteiger partial charge in [0, 0.05) is 17.4 Å². The number of benzene rings is 1. The first-order chi connectivity index (χ1) is 7.75. The van der Waals surface area contributed by atoms with Crippen molar-refractivity contribution in [2.75, 3.05) is 5.75 Å². The normalized spacial score (nSPS) is 12.6. The van der Waals surface area contributed by atoms with Crippen LogP contribution in [0.5, 0.6) is 0 Å². The molecule has 0 aliphatic rings. The third-order valence-corrected chi connectivity index (χ3v) is 3.12. The molecule has 0 aliphatic carbocycles. The van der Waals surface area contributed by atoms with Gasteiger partial charge in [0.05, 0.1) is 0 Å². The molecule has 0 saturated heterocycles. The lowest BCUT2D eigenvalue weighted by atomic mass is 10.2. The highest BCUT2D eigenvalue weighted by molar-refractivity contribution is 7.99. The molecule has 5 heteroatoms. The molecule has 16 heavy (non-hydrogen) atoms. The fourth-order valence-corrected chi connectivity index (χ4v) is 1.92. The molecule has 0 radical (unpaired) electrons. The van der Waals surface area contributed by atoms with Crippen molar-refractivity contribution >= 4 is 11.8 Å². The molecule has 2 aromatic rings. The summed E-state index contributed by atoms with van der Waals surface area (Å²) in [6.07, 6.45) is 0. The molecule has 0 bridgehead atoms. The maximum absolute atomic E-state index is 5.67. The van der Waals surface area contributed by atoms with E-state index in [-0.39, 0.29) is 6.04 Å². The standard InChI is InChI=1S/C11H14N4S/c1-8(12)7-16-11-13-10(14-15-11)9-5-3-2-4-6-9/h2-6,8H,7,12H2,1H3,(H,13,14,15). The lowest BCUT2D eigenvalue weighted by molar-refractivity contribution is 0.842. The van der Waals surface area contributed by atoms with Gasteiger partial charge in [-0.05, 0) is 6.92 Å². The van der Waals surface area contributed by atoms with Crippen molar-refractivity contribution < 1.29 is 0 Å². The number of thioether (sulfide) groups is 1. The molecular weight excluding hydrogens is 220 g/mol. The van der Waals surface area contributed by atoms with Crippen LogP contribution in [0.15, 0.2) is 35.5 Å². The van der Waals surface area contributed by atoms with Crippen LogP contribution in [0.4, 0.5) is 0 Å². The molecule has 1 heterocycles. The van der Waals surface area contributed by atoms with E-state index >= 15 is 0 Å². The van der Waals surface area contributed by atoms with E-state index in [0.29, 0.717) is 0 Å². The second-order valence-corrected chi connectivity index (χ2v) is 4.61. The smallest absolute Gasteiger partial charge is 0.208 e. The van der Waals surface area contributed by atoms with E-state index in [2.05, 4.69) is 15.2 Å². The fraction of sp³-hybridized carbons (Fsp3) is 0.273. The summed E-state index contributed by atoms with van der Waals surface area (Å²) in [6, 6.07) is 10.1. The van der Waals surface area contributed by atoms with E-state index in [0.717, 1.165) is 22.3 Å². The van der Waals surface area contributed by atoms with E-state index in [9.17, 15) is 0 Å². The number of hydrogen-bond donors (Lipinski definition) is 2. The van der Waals surface area contributed by atoms with Crippen molar-refractivity contribution in [1.82, 2.24) is 15.2 Å². The average molecular weight is 234 g/mol. The first-order valence-corrected chi connectivity index (χ1v) is 6.10. The van der Waals surface area contributed by atoms with E-state index in [4.69, 9.17) is 5.73 Å². The van der Waals surface area contributed by atoms with Crippen LogP contribution < -0.4 is 5.73 Å². The Labute approximate surface area is 98.7 Å². The van der Waals surface area contributed by atoms with E-state index < -0.39 is 0 Å². The molecular formula is C11H14N4S. The molecule has 1 aromatic heterocycles. The SMILES string of the molecule is CC(N)CSc1n[nH]c(-c2ccccc2)n1. The Morgan fingerprint density at radius 3 is 2.81 bits per heavy atom. The van der Waals surface area contributed by atoms with Gasteiger partial charge in [0.1, 0.15) is 0 Å². The van der Waals surface area contributed by atoms with Crippen LogP contribution in [0.3, 0.4) is 0 Å². The summed E-state index contributed by atoms with van der Waals surface area (Å²) >= 11 is 1.57. The Morgan fingerprint density at radius 1 is 1.38 bits per heavy atom. The molecule has 0 saturated carbocycles. The Morgan fingerprint density at radius 2 is 2.12 bits per heavy atom. The van der Waals surface area contributed by atoms with Gasteiger partial charge in [-0.1, -0.05) is 42.1 Å². The zero-order chi connectivity index (χ0) is 11.4. The lowest BCUT2D eigenvalue weighted by Crippen LogP contribution is -2.17. The van der Waals surface area contributed by atoms with E-state index in [1.54, 1.807) is 11.8 Å². The number of aromatic amines is 1. The predicted molar refractivity (Wildman–Crippen MR) is 66.2 cm³/mol. The van der Waals surface area contributed by atoms with Gasteiger partial charge in [-0.25, -0.2) is 4.98 Å². The highest BCUT2D eigenvalue weighted by atomic mass is 32.2. The van der Waals surface area contributed by atoms with E-state index in [1.807, 2.05) is 37.3 Å². The largest absolute Gasteiger partial charge is 0.327 e. The van der Waals surface area contributed by atoms with Crippen LogP contribution in [0, 0.1) is 0 Å². The number of rotatable bonds is 4. The second-order valence-electron chi connectivity index (χ2n) is 3.62. The number of aromatic nitrogens is 3. The monoisotopic (exact) mass is 234 g/mol. The van der Waals surface area contributed by atoms with Crippen LogP contribution in [-0.2, 0) is 0 Å². The van der Waals surface area contributed by atoms with Gasteiger partial charge < -0.3 is 5.73 Å². The summed E-state index contributed by atoms with van der Waals surface area (Å²) in [7, 11) is 0. The minimum Gasteiger partial charge on any atom is -0.327 e. The lowest BCUT2D eigenvalue weighted by Gasteiger charge is -1.99. The van der Waals surface area contributed by atoms with Crippen molar-refractivity contribution in [1.29, 1.82) is 0 Å². The quantitative estimate of drug-likeness (QED) is 0.793. The molecule has 2 rings (SSSR count). The van der Waals surface area contributed by atoms with Crippen LogP contribution in [-0.4, -0.2) is 27.0 Å². The topological polar surface area (TPSA) is 67.6 Å². The summed E-state index contributed by atoms with van der Waals surface area (Å²) in [5, 5.41) is 7.81. The summed E-state index contributed by atoms with van der Waals surface area (Å²) in [5.41, 5.74) is 6.72. The molecule has 1 atom stereocenters. The highest BCUT2D eigenvalue weighted by Gasteiger charge is 2.06. The summed E-state index contributed by atoms with van der Waals surface area (Å²) < 4.78 is 0. The van der Waals surface area contributed by atoms with Gasteiger partial charge in [0.2, 0.25) is 5.16 Å². The molecule has 84 valence electrons. The number of nitrogens with two attached hydrogens (primary N) is 1. The van der Waals surface area contributed by atoms with E-state index in [1.165, 1.54) is 0 Å². The maximum atomic E-state index is 5.67. The number of hydrogen-bond acceptors (Lipinski definition) is 4. The molecule has 1 aromatic carbocycles. The minimum absolute atomic E-state index is 0.156. The third kappa shape index (κ3) is 2.84. The molecule has 0 fully saturated rings. The van der Waals surface area contributed by atoms with Gasteiger partial charge >= 0.3 is 0 Å². The Balaban J connectivity index is 2.08. The molecule has 3 N–H and O–H groups in total. The van der Waals surface area contributed by atoms with Crippen molar-refractivity contribution in [3.8, 4) is 11.4 Å². The number of nitrogens with one attached hydrogen (secondary N) is 1. The van der Waals surface area contributed by atoms with Gasteiger partial charge in [-0.15, -0.1) is 5.10 Å². The van der Waals surface area contributed by atoms with Crippen LogP contribution >= 0.6 is 11.8 Å². The second kappa shape index (κ2) is 5.14. The van der Waals surface area contributed by atoms with Crippen LogP contribution in [0.2, 0.25) is 0 Å². The summed E-state index contributed by atoms with van der Waals surface area (Å²) in [4.78, 5) is 4.39. The third-order valence-electron chi connectivity index (χ3n) is 1.99. The van der Waals surface area contributed by atoms with Crippen molar-refractivity contribution in [3.63, 3.8) is 0 Å². The minimum atomic E-state index is 0.156. The van der Waals surface area contributed by atoms with Crippen molar-refractivity contribution in [2.45, 2.75) is 18.1 Å². The summed E-state index contributed by atoms with van der Waals surface area (Å²) in [5.74, 6) is 1.62. The van der Waals surface area contributed by atoms with Gasteiger partial charge in [-0.3, -0.25) is 5.10 Å². The summed E-state index contributed by atoms with van der Waals surface area (Å²) in [6.45, 7) is 1.97. The maximum Gasteiger partial charge on any atom is 0.208 e. The van der Waals surface area contributed by atoms with Crippen molar-refractivity contribution in [3.05, 3.63) is 30.3 Å². The van der Waals surface area contributed by atoms with Crippen molar-refractivity contribution in [2.24, 2.45) is 5.73 Å². The Hall–Kier alpha value is -1.33. The molecule has 0 spiro atoms. The Kier molecular flexibility index (Phi) is 3.58. The number of nitrogens with zero attached hydrogens (tertiary/aromatic N) is 2. The van der Waals surface area contributed by atoms with Gasteiger partial charge in [0.25, 0.3) is 0 Å². The molecule has 0 aliphatic heterocycles. The van der Waals surface area contributed by atoms with Gasteiger partial charge in [0.15, 0.2) is 5.82 Å². The molecule has 1 unspecified atom stereocenters.